The number of aliphatic hydroxyl groups is 1. The van der Waals surface area contributed by atoms with Crippen LogP contribution in [0.5, 0.6) is 0 Å². The van der Waals surface area contributed by atoms with Gasteiger partial charge in [-0.25, -0.2) is 4.68 Å². The molecular formula is C15H18N2O3S. The van der Waals surface area contributed by atoms with E-state index in [4.69, 9.17) is 4.74 Å². The van der Waals surface area contributed by atoms with Crippen molar-refractivity contribution in [3.8, 4) is 5.69 Å². The number of hydrogen-bond donors (Lipinski definition) is 1. The summed E-state index contributed by atoms with van der Waals surface area (Å²) in [5, 5.41) is 14.8. The molecule has 1 N–H and O–H groups in total. The summed E-state index contributed by atoms with van der Waals surface area (Å²) in [5.41, 5.74) is 2.40. The summed E-state index contributed by atoms with van der Waals surface area (Å²) in [6.45, 7) is 3.88. The van der Waals surface area contributed by atoms with Crippen molar-refractivity contribution >= 4 is 17.7 Å². The summed E-state index contributed by atoms with van der Waals surface area (Å²) < 4.78 is 6.69. The third-order valence-corrected chi connectivity index (χ3v) is 4.00. The summed E-state index contributed by atoms with van der Waals surface area (Å²) in [5.74, 6) is -0.0800. The lowest BCUT2D eigenvalue weighted by atomic mass is 10.3. The maximum Gasteiger partial charge on any atom is 0.316 e. The fourth-order valence-electron chi connectivity index (χ4n) is 1.94. The maximum absolute atomic E-state index is 11.5. The molecule has 112 valence electrons. The first-order valence-corrected chi connectivity index (χ1v) is 7.69. The molecule has 0 spiro atoms. The quantitative estimate of drug-likeness (QED) is 0.655. The molecule has 2 rings (SSSR count). The predicted molar refractivity (Wildman–Crippen MR) is 81.6 cm³/mol. The zero-order chi connectivity index (χ0) is 15.2. The number of aliphatic hydroxyl groups excluding tert-OH is 1. The molecule has 0 saturated carbocycles. The summed E-state index contributed by atoms with van der Waals surface area (Å²) in [7, 11) is 0. The van der Waals surface area contributed by atoms with Crippen molar-refractivity contribution < 1.29 is 14.6 Å². The number of benzene rings is 1. The number of aromatic nitrogens is 2. The minimum Gasteiger partial charge on any atom is -0.465 e. The molecule has 0 bridgehead atoms. The first-order chi connectivity index (χ1) is 10.2. The van der Waals surface area contributed by atoms with Gasteiger partial charge in [0, 0.05) is 5.56 Å². The van der Waals surface area contributed by atoms with Gasteiger partial charge in [0.15, 0.2) is 0 Å². The molecule has 0 unspecified atom stereocenters. The number of aryl methyl sites for hydroxylation is 1. The summed E-state index contributed by atoms with van der Waals surface area (Å²) in [6, 6.07) is 9.64. The van der Waals surface area contributed by atoms with Gasteiger partial charge >= 0.3 is 5.97 Å². The average Bonchev–Trinajstić information content (AvgIpc) is 2.82. The molecule has 1 heterocycles. The number of para-hydroxylation sites is 1. The molecule has 1 aromatic carbocycles. The lowest BCUT2D eigenvalue weighted by Crippen LogP contribution is -2.08. The van der Waals surface area contributed by atoms with Crippen LogP contribution in [0.15, 0.2) is 35.4 Å². The first-order valence-electron chi connectivity index (χ1n) is 6.70. The van der Waals surface area contributed by atoms with Crippen LogP contribution in [0, 0.1) is 6.92 Å². The van der Waals surface area contributed by atoms with Crippen molar-refractivity contribution in [2.75, 3.05) is 12.4 Å². The molecule has 0 radical (unpaired) electrons. The van der Waals surface area contributed by atoms with Gasteiger partial charge in [-0.3, -0.25) is 4.79 Å². The summed E-state index contributed by atoms with van der Waals surface area (Å²) in [6.07, 6.45) is 0. The largest absolute Gasteiger partial charge is 0.465 e. The van der Waals surface area contributed by atoms with E-state index in [1.165, 1.54) is 11.8 Å². The first kappa shape index (κ1) is 15.6. The number of nitrogens with zero attached hydrogens (tertiary/aromatic N) is 2. The zero-order valence-electron chi connectivity index (χ0n) is 12.1. The van der Waals surface area contributed by atoms with E-state index in [2.05, 4.69) is 5.10 Å². The Balaban J connectivity index is 2.31. The molecule has 0 aliphatic carbocycles. The number of carbonyl (C=O) groups excluding carboxylic acids is 1. The van der Waals surface area contributed by atoms with Crippen molar-refractivity contribution in [3.05, 3.63) is 41.6 Å². The van der Waals surface area contributed by atoms with Crippen LogP contribution in [0.1, 0.15) is 18.2 Å². The predicted octanol–water partition coefficient (Wildman–Crippen LogP) is 2.33. The molecule has 0 fully saturated rings. The van der Waals surface area contributed by atoms with E-state index < -0.39 is 0 Å². The minimum absolute atomic E-state index is 0.107. The molecule has 1 aromatic heterocycles. The molecule has 6 heteroatoms. The van der Waals surface area contributed by atoms with Gasteiger partial charge in [-0.2, -0.15) is 5.10 Å². The highest BCUT2D eigenvalue weighted by Gasteiger charge is 2.17. The second-order valence-electron chi connectivity index (χ2n) is 4.37. The number of hydrogen-bond acceptors (Lipinski definition) is 5. The van der Waals surface area contributed by atoms with Gasteiger partial charge in [-0.15, -0.1) is 0 Å². The van der Waals surface area contributed by atoms with E-state index in [9.17, 15) is 9.90 Å². The monoisotopic (exact) mass is 306 g/mol. The Morgan fingerprint density at radius 1 is 1.38 bits per heavy atom. The maximum atomic E-state index is 11.5. The van der Waals surface area contributed by atoms with Crippen LogP contribution >= 0.6 is 11.8 Å². The number of thioether (sulfide) groups is 1. The molecule has 0 amide bonds. The van der Waals surface area contributed by atoms with Crippen LogP contribution in [0.4, 0.5) is 0 Å². The fourth-order valence-corrected chi connectivity index (χ4v) is 2.94. The van der Waals surface area contributed by atoms with Crippen LogP contribution < -0.4 is 0 Å². The Kier molecular flexibility index (Phi) is 5.41. The zero-order valence-corrected chi connectivity index (χ0v) is 12.9. The molecule has 5 nitrogen and oxygen atoms in total. The standard InChI is InChI=1S/C15H18N2O3S/c1-3-20-14(19)10-21-15-13(9-18)11(2)16-17(15)12-7-5-4-6-8-12/h4-8,18H,3,9-10H2,1-2H3. The highest BCUT2D eigenvalue weighted by Crippen LogP contribution is 2.28. The molecule has 0 saturated heterocycles. The van der Waals surface area contributed by atoms with Gasteiger partial charge in [0.05, 0.1) is 30.3 Å². The van der Waals surface area contributed by atoms with E-state index in [1.807, 2.05) is 37.3 Å². The third kappa shape index (κ3) is 3.65. The second kappa shape index (κ2) is 7.28. The Morgan fingerprint density at radius 2 is 2.10 bits per heavy atom. The number of esters is 1. The van der Waals surface area contributed by atoms with Gasteiger partial charge in [0.1, 0.15) is 5.03 Å². The van der Waals surface area contributed by atoms with E-state index >= 15 is 0 Å². The number of rotatable bonds is 6. The SMILES string of the molecule is CCOC(=O)CSc1c(CO)c(C)nn1-c1ccccc1. The van der Waals surface area contributed by atoms with E-state index in [0.717, 1.165) is 22.0 Å². The summed E-state index contributed by atoms with van der Waals surface area (Å²) in [4.78, 5) is 11.5. The Bertz CT molecular complexity index is 611. The highest BCUT2D eigenvalue weighted by atomic mass is 32.2. The molecule has 21 heavy (non-hydrogen) atoms. The lowest BCUT2D eigenvalue weighted by Gasteiger charge is -2.08. The van der Waals surface area contributed by atoms with E-state index in [1.54, 1.807) is 11.6 Å². The molecule has 0 aliphatic heterocycles. The molecule has 2 aromatic rings. The topological polar surface area (TPSA) is 64.3 Å². The van der Waals surface area contributed by atoms with Crippen molar-refractivity contribution in [1.82, 2.24) is 9.78 Å². The Labute approximate surface area is 127 Å². The Morgan fingerprint density at radius 3 is 2.71 bits per heavy atom. The molecule has 0 atom stereocenters. The van der Waals surface area contributed by atoms with E-state index in [0.29, 0.717) is 6.61 Å². The van der Waals surface area contributed by atoms with Crippen molar-refractivity contribution in [2.45, 2.75) is 25.5 Å². The van der Waals surface area contributed by atoms with Crippen LogP contribution in [0.2, 0.25) is 0 Å². The van der Waals surface area contributed by atoms with Gasteiger partial charge in [0.25, 0.3) is 0 Å². The number of carbonyl (C=O) groups is 1. The number of ether oxygens (including phenoxy) is 1. The van der Waals surface area contributed by atoms with Crippen molar-refractivity contribution in [3.63, 3.8) is 0 Å². The van der Waals surface area contributed by atoms with Gasteiger partial charge in [-0.1, -0.05) is 30.0 Å². The van der Waals surface area contributed by atoms with Gasteiger partial charge < -0.3 is 9.84 Å². The third-order valence-electron chi connectivity index (χ3n) is 2.93. The van der Waals surface area contributed by atoms with Crippen LogP contribution in [-0.4, -0.2) is 33.2 Å². The normalized spacial score (nSPS) is 10.6. The molecular weight excluding hydrogens is 288 g/mol. The van der Waals surface area contributed by atoms with Crippen LogP contribution in [0.3, 0.4) is 0 Å². The molecule has 0 aliphatic rings. The highest BCUT2D eigenvalue weighted by molar-refractivity contribution is 8.00. The Hall–Kier alpha value is -1.79. The van der Waals surface area contributed by atoms with Crippen molar-refractivity contribution in [2.24, 2.45) is 0 Å². The van der Waals surface area contributed by atoms with Gasteiger partial charge in [-0.05, 0) is 26.0 Å². The summed E-state index contributed by atoms with van der Waals surface area (Å²) >= 11 is 1.33. The van der Waals surface area contributed by atoms with Gasteiger partial charge in [0.2, 0.25) is 0 Å². The smallest absolute Gasteiger partial charge is 0.316 e. The van der Waals surface area contributed by atoms with Crippen LogP contribution in [0.25, 0.3) is 5.69 Å². The lowest BCUT2D eigenvalue weighted by molar-refractivity contribution is -0.139. The van der Waals surface area contributed by atoms with E-state index in [-0.39, 0.29) is 18.3 Å². The van der Waals surface area contributed by atoms with Crippen molar-refractivity contribution in [1.29, 1.82) is 0 Å². The van der Waals surface area contributed by atoms with Crippen LogP contribution in [-0.2, 0) is 16.1 Å². The fraction of sp³-hybridized carbons (Fsp3) is 0.333. The second-order valence-corrected chi connectivity index (χ2v) is 5.33. The minimum atomic E-state index is -0.273. The average molecular weight is 306 g/mol.